The van der Waals surface area contributed by atoms with Gasteiger partial charge in [-0.05, 0) is 31.5 Å². The number of aliphatic hydroxyl groups excluding tert-OH is 1. The predicted molar refractivity (Wildman–Crippen MR) is 96.3 cm³/mol. The summed E-state index contributed by atoms with van der Waals surface area (Å²) >= 11 is 7.40. The highest BCUT2D eigenvalue weighted by Gasteiger charge is 2.32. The molecule has 1 aromatic heterocycles. The summed E-state index contributed by atoms with van der Waals surface area (Å²) < 4.78 is 0. The fourth-order valence-corrected chi connectivity index (χ4v) is 3.82. The second-order valence-electron chi connectivity index (χ2n) is 6.09. The molecule has 1 aliphatic heterocycles. The summed E-state index contributed by atoms with van der Waals surface area (Å²) in [6.45, 7) is 1.47. The summed E-state index contributed by atoms with van der Waals surface area (Å²) in [5.41, 5.74) is 1.17. The molecule has 3 N–H and O–H groups in total. The number of aromatic nitrogens is 1. The Balaban J connectivity index is 1.63. The molecule has 0 bridgehead atoms. The number of halogens is 1. The molecule has 128 valence electrons. The third-order valence-corrected chi connectivity index (χ3v) is 5.36. The van der Waals surface area contributed by atoms with Crippen LogP contribution in [0.3, 0.4) is 0 Å². The molecule has 2 heterocycles. The Labute approximate surface area is 150 Å². The maximum Gasteiger partial charge on any atom is 0.226 e. The average molecular weight is 366 g/mol. The standard InChI is InChI=1S/C17H20ClN3O2S/c18-13-4-2-12(3-5-13)16-20-14(9-24-16)8-15(23)21-17(11-22)6-1-7-19-10-17/h2-5,9,19,22H,1,6-8,10-11H2,(H,21,23). The van der Waals surface area contributed by atoms with Crippen LogP contribution in [-0.4, -0.2) is 41.2 Å². The number of aliphatic hydroxyl groups is 1. The van der Waals surface area contributed by atoms with Crippen LogP contribution in [0, 0.1) is 0 Å². The van der Waals surface area contributed by atoms with E-state index in [1.165, 1.54) is 11.3 Å². The molecule has 1 atom stereocenters. The number of carbonyl (C=O) groups is 1. The van der Waals surface area contributed by atoms with Crippen molar-refractivity contribution in [1.29, 1.82) is 0 Å². The molecule has 24 heavy (non-hydrogen) atoms. The smallest absolute Gasteiger partial charge is 0.226 e. The van der Waals surface area contributed by atoms with Crippen LogP contribution in [0.2, 0.25) is 5.02 Å². The van der Waals surface area contributed by atoms with Crippen LogP contribution in [0.1, 0.15) is 18.5 Å². The third kappa shape index (κ3) is 4.13. The lowest BCUT2D eigenvalue weighted by Gasteiger charge is -2.36. The summed E-state index contributed by atoms with van der Waals surface area (Å²) in [5, 5.41) is 19.3. The van der Waals surface area contributed by atoms with E-state index >= 15 is 0 Å². The SMILES string of the molecule is O=C(Cc1csc(-c2ccc(Cl)cc2)n1)NC1(CO)CCCNC1. The van der Waals surface area contributed by atoms with E-state index in [4.69, 9.17) is 11.6 Å². The molecule has 1 aromatic carbocycles. The van der Waals surface area contributed by atoms with Gasteiger partial charge in [0, 0.05) is 22.5 Å². The molecule has 1 fully saturated rings. The van der Waals surface area contributed by atoms with Gasteiger partial charge in [-0.1, -0.05) is 23.7 Å². The molecule has 0 radical (unpaired) electrons. The molecule has 0 aliphatic carbocycles. The number of nitrogens with one attached hydrogen (secondary N) is 2. The fourth-order valence-electron chi connectivity index (χ4n) is 2.87. The van der Waals surface area contributed by atoms with Crippen LogP contribution >= 0.6 is 22.9 Å². The maximum atomic E-state index is 12.3. The number of amides is 1. The molecule has 3 rings (SSSR count). The lowest BCUT2D eigenvalue weighted by atomic mass is 9.91. The lowest BCUT2D eigenvalue weighted by Crippen LogP contribution is -2.60. The summed E-state index contributed by atoms with van der Waals surface area (Å²) in [6, 6.07) is 7.48. The number of hydrogen-bond acceptors (Lipinski definition) is 5. The van der Waals surface area contributed by atoms with Gasteiger partial charge in [0.2, 0.25) is 5.91 Å². The van der Waals surface area contributed by atoms with E-state index in [9.17, 15) is 9.90 Å². The van der Waals surface area contributed by atoms with E-state index < -0.39 is 5.54 Å². The number of hydrogen-bond donors (Lipinski definition) is 3. The van der Waals surface area contributed by atoms with Gasteiger partial charge >= 0.3 is 0 Å². The number of thiazole rings is 1. The molecule has 0 spiro atoms. The second-order valence-corrected chi connectivity index (χ2v) is 7.39. The van der Waals surface area contributed by atoms with Crippen molar-refractivity contribution in [3.8, 4) is 10.6 Å². The van der Waals surface area contributed by atoms with E-state index in [0.717, 1.165) is 35.7 Å². The van der Waals surface area contributed by atoms with Gasteiger partial charge in [-0.3, -0.25) is 4.79 Å². The molecule has 7 heteroatoms. The molecule has 1 amide bonds. The van der Waals surface area contributed by atoms with Gasteiger partial charge < -0.3 is 15.7 Å². The number of carbonyl (C=O) groups excluding carboxylic acids is 1. The topological polar surface area (TPSA) is 74.2 Å². The van der Waals surface area contributed by atoms with Gasteiger partial charge in [0.05, 0.1) is 24.3 Å². The van der Waals surface area contributed by atoms with Gasteiger partial charge in [0.1, 0.15) is 5.01 Å². The normalized spacial score (nSPS) is 20.8. The van der Waals surface area contributed by atoms with Crippen LogP contribution in [0.5, 0.6) is 0 Å². The van der Waals surface area contributed by atoms with E-state index in [1.807, 2.05) is 29.6 Å². The number of nitrogens with zero attached hydrogens (tertiary/aromatic N) is 1. The Morgan fingerprint density at radius 3 is 2.88 bits per heavy atom. The Hall–Kier alpha value is -1.47. The molecule has 1 aliphatic rings. The molecule has 0 saturated carbocycles. The number of piperidine rings is 1. The first-order valence-corrected chi connectivity index (χ1v) is 9.19. The highest BCUT2D eigenvalue weighted by molar-refractivity contribution is 7.13. The Morgan fingerprint density at radius 1 is 1.42 bits per heavy atom. The minimum atomic E-state index is -0.551. The second kappa shape index (κ2) is 7.61. The quantitative estimate of drug-likeness (QED) is 0.759. The molecular weight excluding hydrogens is 346 g/mol. The van der Waals surface area contributed by atoms with Crippen LogP contribution in [0.15, 0.2) is 29.6 Å². The average Bonchev–Trinajstić information content (AvgIpc) is 3.04. The van der Waals surface area contributed by atoms with Crippen molar-refractivity contribution in [2.75, 3.05) is 19.7 Å². The summed E-state index contributed by atoms with van der Waals surface area (Å²) in [5.74, 6) is -0.110. The van der Waals surface area contributed by atoms with E-state index in [1.54, 1.807) is 0 Å². The van der Waals surface area contributed by atoms with E-state index in [0.29, 0.717) is 11.6 Å². The first-order chi connectivity index (χ1) is 11.6. The Bertz CT molecular complexity index is 696. The molecule has 1 saturated heterocycles. The van der Waals surface area contributed by atoms with Gasteiger partial charge in [0.25, 0.3) is 0 Å². The van der Waals surface area contributed by atoms with Crippen molar-refractivity contribution in [1.82, 2.24) is 15.6 Å². The van der Waals surface area contributed by atoms with Crippen molar-refractivity contribution in [2.24, 2.45) is 0 Å². The first-order valence-electron chi connectivity index (χ1n) is 7.93. The van der Waals surface area contributed by atoms with Crippen molar-refractivity contribution in [3.05, 3.63) is 40.4 Å². The third-order valence-electron chi connectivity index (χ3n) is 4.16. The molecular formula is C17H20ClN3O2S. The minimum absolute atomic E-state index is 0.0567. The van der Waals surface area contributed by atoms with E-state index in [2.05, 4.69) is 15.6 Å². The Morgan fingerprint density at radius 2 is 2.21 bits per heavy atom. The van der Waals surface area contributed by atoms with Crippen LogP contribution in [0.25, 0.3) is 10.6 Å². The summed E-state index contributed by atoms with van der Waals surface area (Å²) in [7, 11) is 0. The van der Waals surface area contributed by atoms with Gasteiger partial charge in [-0.2, -0.15) is 0 Å². The molecule has 5 nitrogen and oxygen atoms in total. The zero-order valence-corrected chi connectivity index (χ0v) is 14.8. The first kappa shape index (κ1) is 17.4. The van der Waals surface area contributed by atoms with Crippen molar-refractivity contribution >= 4 is 28.8 Å². The monoisotopic (exact) mass is 365 g/mol. The molecule has 2 aromatic rings. The van der Waals surface area contributed by atoms with Crippen molar-refractivity contribution < 1.29 is 9.90 Å². The lowest BCUT2D eigenvalue weighted by molar-refractivity contribution is -0.123. The zero-order valence-electron chi connectivity index (χ0n) is 13.2. The highest BCUT2D eigenvalue weighted by Crippen LogP contribution is 2.25. The fraction of sp³-hybridized carbons (Fsp3) is 0.412. The van der Waals surface area contributed by atoms with Crippen LogP contribution in [-0.2, 0) is 11.2 Å². The van der Waals surface area contributed by atoms with Gasteiger partial charge in [-0.15, -0.1) is 11.3 Å². The minimum Gasteiger partial charge on any atom is -0.394 e. The highest BCUT2D eigenvalue weighted by atomic mass is 35.5. The predicted octanol–water partition coefficient (Wildman–Crippen LogP) is 2.24. The van der Waals surface area contributed by atoms with Gasteiger partial charge in [0.15, 0.2) is 0 Å². The summed E-state index contributed by atoms with van der Waals surface area (Å²) in [4.78, 5) is 16.9. The maximum absolute atomic E-state index is 12.3. The zero-order chi connectivity index (χ0) is 17.0. The summed E-state index contributed by atoms with van der Waals surface area (Å²) in [6.07, 6.45) is 1.94. The number of rotatable bonds is 5. The van der Waals surface area contributed by atoms with Gasteiger partial charge in [-0.25, -0.2) is 4.98 Å². The largest absolute Gasteiger partial charge is 0.394 e. The van der Waals surface area contributed by atoms with E-state index in [-0.39, 0.29) is 18.9 Å². The van der Waals surface area contributed by atoms with Crippen LogP contribution in [0.4, 0.5) is 0 Å². The van der Waals surface area contributed by atoms with Crippen molar-refractivity contribution in [2.45, 2.75) is 24.8 Å². The van der Waals surface area contributed by atoms with Crippen LogP contribution < -0.4 is 10.6 Å². The number of benzene rings is 1. The molecule has 1 unspecified atom stereocenters. The Kier molecular flexibility index (Phi) is 5.50. The van der Waals surface area contributed by atoms with Crippen molar-refractivity contribution in [3.63, 3.8) is 0 Å².